The van der Waals surface area contributed by atoms with E-state index in [0.717, 1.165) is 4.88 Å². The van der Waals surface area contributed by atoms with E-state index < -0.39 is 10.8 Å². The highest BCUT2D eigenvalue weighted by Gasteiger charge is 2.26. The van der Waals surface area contributed by atoms with Crippen molar-refractivity contribution >= 4 is 28.2 Å². The molecule has 7 heteroatoms. The molecule has 0 aliphatic carbocycles. The summed E-state index contributed by atoms with van der Waals surface area (Å²) in [6.45, 7) is 7.97. The van der Waals surface area contributed by atoms with Crippen molar-refractivity contribution in [3.05, 3.63) is 22.4 Å². The minimum Gasteiger partial charge on any atom is -0.369 e. The second-order valence-electron chi connectivity index (χ2n) is 6.21. The molecular formula is C15H24N2O3S2. The average molecular weight is 345 g/mol. The molecule has 1 N–H and O–H groups in total. The van der Waals surface area contributed by atoms with Gasteiger partial charge in [-0.3, -0.25) is 4.21 Å². The number of rotatable bonds is 4. The summed E-state index contributed by atoms with van der Waals surface area (Å²) in [5.41, 5.74) is 0. The molecule has 1 aliphatic heterocycles. The summed E-state index contributed by atoms with van der Waals surface area (Å²) in [5.74, 6) is 0.480. The molecular weight excluding hydrogens is 320 g/mol. The molecule has 1 aromatic heterocycles. The Morgan fingerprint density at radius 1 is 1.55 bits per heavy atom. The molecule has 1 fully saturated rings. The summed E-state index contributed by atoms with van der Waals surface area (Å²) in [7, 11) is -0.946. The lowest BCUT2D eigenvalue weighted by Crippen LogP contribution is -2.48. The quantitative estimate of drug-likeness (QED) is 0.912. The molecule has 0 radical (unpaired) electrons. The van der Waals surface area contributed by atoms with E-state index in [2.05, 4.69) is 5.32 Å². The van der Waals surface area contributed by atoms with E-state index in [1.807, 2.05) is 38.3 Å². The van der Waals surface area contributed by atoms with Crippen LogP contribution in [0.25, 0.3) is 0 Å². The summed E-state index contributed by atoms with van der Waals surface area (Å²) in [6.07, 6.45) is -0.0387. The van der Waals surface area contributed by atoms with Gasteiger partial charge in [-0.05, 0) is 32.2 Å². The lowest BCUT2D eigenvalue weighted by atomic mass is 10.2. The van der Waals surface area contributed by atoms with E-state index in [-0.39, 0.29) is 16.9 Å². The van der Waals surface area contributed by atoms with Crippen LogP contribution in [0.15, 0.2) is 17.5 Å². The van der Waals surface area contributed by atoms with Crippen molar-refractivity contribution in [3.63, 3.8) is 0 Å². The summed E-state index contributed by atoms with van der Waals surface area (Å²) in [6, 6.07) is 3.92. The second kappa shape index (κ2) is 7.57. The molecule has 0 unspecified atom stereocenters. The van der Waals surface area contributed by atoms with Gasteiger partial charge in [-0.25, -0.2) is 4.79 Å². The summed E-state index contributed by atoms with van der Waals surface area (Å²) < 4.78 is 17.4. The van der Waals surface area contributed by atoms with Crippen molar-refractivity contribution < 1.29 is 13.7 Å². The fraction of sp³-hybridized carbons (Fsp3) is 0.667. The van der Waals surface area contributed by atoms with Gasteiger partial charge in [0.2, 0.25) is 0 Å². The molecule has 1 aromatic rings. The van der Waals surface area contributed by atoms with Gasteiger partial charge < -0.3 is 15.0 Å². The first-order valence-electron chi connectivity index (χ1n) is 7.44. The number of nitrogens with zero attached hydrogens (tertiary/aromatic N) is 1. The van der Waals surface area contributed by atoms with Crippen LogP contribution in [0.3, 0.4) is 0 Å². The molecule has 2 rings (SSSR count). The third kappa shape index (κ3) is 4.79. The van der Waals surface area contributed by atoms with E-state index in [1.54, 1.807) is 16.2 Å². The van der Waals surface area contributed by atoms with Crippen molar-refractivity contribution in [2.45, 2.75) is 31.6 Å². The van der Waals surface area contributed by atoms with Crippen LogP contribution in [0.1, 0.15) is 31.8 Å². The van der Waals surface area contributed by atoms with Crippen molar-refractivity contribution in [2.75, 3.05) is 32.0 Å². The minimum atomic E-state index is -0.946. The lowest BCUT2D eigenvalue weighted by molar-refractivity contribution is -0.0134. The number of carbonyl (C=O) groups excluding carboxylic acids is 1. The Morgan fingerprint density at radius 3 is 2.95 bits per heavy atom. The van der Waals surface area contributed by atoms with Gasteiger partial charge in [0.05, 0.1) is 13.2 Å². The number of thiophene rings is 1. The van der Waals surface area contributed by atoms with Crippen molar-refractivity contribution in [1.82, 2.24) is 10.2 Å². The fourth-order valence-corrected chi connectivity index (χ4v) is 3.81. The molecule has 0 bridgehead atoms. The Kier molecular flexibility index (Phi) is 6.00. The fourth-order valence-electron chi connectivity index (χ4n) is 2.15. The molecule has 1 saturated heterocycles. The largest absolute Gasteiger partial charge is 0.369 e. The number of urea groups is 1. The van der Waals surface area contributed by atoms with Crippen molar-refractivity contribution in [3.8, 4) is 0 Å². The normalized spacial score (nSPS) is 20.7. The summed E-state index contributed by atoms with van der Waals surface area (Å²) in [4.78, 5) is 15.1. The lowest BCUT2D eigenvalue weighted by Gasteiger charge is -2.32. The van der Waals surface area contributed by atoms with Gasteiger partial charge in [0.1, 0.15) is 6.10 Å². The Hall–Kier alpha value is -0.920. The van der Waals surface area contributed by atoms with Crippen LogP contribution >= 0.6 is 11.3 Å². The number of morpholine rings is 1. The first-order chi connectivity index (χ1) is 10.4. The van der Waals surface area contributed by atoms with Crippen LogP contribution < -0.4 is 5.32 Å². The topological polar surface area (TPSA) is 58.6 Å². The zero-order valence-corrected chi connectivity index (χ0v) is 15.0. The molecule has 0 spiro atoms. The maximum absolute atomic E-state index is 12.2. The van der Waals surface area contributed by atoms with Crippen LogP contribution in [0.4, 0.5) is 4.79 Å². The first kappa shape index (κ1) is 17.4. The Bertz CT molecular complexity index is 511. The average Bonchev–Trinajstić information content (AvgIpc) is 3.00. The third-order valence-corrected chi connectivity index (χ3v) is 6.37. The maximum atomic E-state index is 12.2. The van der Waals surface area contributed by atoms with E-state index in [4.69, 9.17) is 4.74 Å². The highest BCUT2D eigenvalue weighted by Crippen LogP contribution is 2.25. The zero-order valence-electron chi connectivity index (χ0n) is 13.3. The Labute approximate surface area is 138 Å². The van der Waals surface area contributed by atoms with Gasteiger partial charge in [-0.15, -0.1) is 11.3 Å². The Balaban J connectivity index is 1.79. The molecule has 5 nitrogen and oxygen atoms in total. The zero-order chi connectivity index (χ0) is 16.2. The van der Waals surface area contributed by atoms with Gasteiger partial charge in [0.15, 0.2) is 0 Å². The predicted molar refractivity (Wildman–Crippen MR) is 90.7 cm³/mol. The van der Waals surface area contributed by atoms with E-state index in [9.17, 15) is 9.00 Å². The van der Waals surface area contributed by atoms with Crippen LogP contribution in [-0.2, 0) is 15.5 Å². The van der Waals surface area contributed by atoms with Gasteiger partial charge in [-0.2, -0.15) is 0 Å². The number of ether oxygens (including phenoxy) is 1. The second-order valence-corrected chi connectivity index (χ2v) is 9.52. The third-order valence-electron chi connectivity index (χ3n) is 3.46. The number of carbonyl (C=O) groups is 1. The smallest absolute Gasteiger partial charge is 0.317 e. The molecule has 22 heavy (non-hydrogen) atoms. The number of amides is 2. The number of nitrogens with one attached hydrogen (secondary N) is 1. The van der Waals surface area contributed by atoms with Crippen LogP contribution in [-0.4, -0.2) is 51.9 Å². The van der Waals surface area contributed by atoms with Crippen LogP contribution in [0.5, 0.6) is 0 Å². The highest BCUT2D eigenvalue weighted by atomic mass is 32.2. The van der Waals surface area contributed by atoms with Gasteiger partial charge in [0.25, 0.3) is 0 Å². The molecule has 0 saturated carbocycles. The molecule has 1 aliphatic rings. The summed E-state index contributed by atoms with van der Waals surface area (Å²) >= 11 is 1.64. The predicted octanol–water partition coefficient (Wildman–Crippen LogP) is 2.38. The standard InChI is InChI=1S/C15H24N2O3S2/c1-15(2,3)22(19)10-6-16-14(18)17-7-8-20-12(11-17)13-5-4-9-21-13/h4-5,9,12H,6-8,10-11H2,1-3H3,(H,16,18)/t12-,22-/m0/s1. The van der Waals surface area contributed by atoms with Crippen molar-refractivity contribution in [1.29, 1.82) is 0 Å². The molecule has 2 amide bonds. The van der Waals surface area contributed by atoms with E-state index in [0.29, 0.717) is 32.0 Å². The summed E-state index contributed by atoms with van der Waals surface area (Å²) in [5, 5.41) is 4.88. The highest BCUT2D eigenvalue weighted by molar-refractivity contribution is 7.86. The molecule has 2 atom stereocenters. The first-order valence-corrected chi connectivity index (χ1v) is 9.64. The van der Waals surface area contributed by atoms with Gasteiger partial charge in [0, 0.05) is 39.3 Å². The van der Waals surface area contributed by atoms with E-state index >= 15 is 0 Å². The maximum Gasteiger partial charge on any atom is 0.317 e. The van der Waals surface area contributed by atoms with Crippen molar-refractivity contribution in [2.24, 2.45) is 0 Å². The monoisotopic (exact) mass is 344 g/mol. The molecule has 0 aromatic carbocycles. The van der Waals surface area contributed by atoms with Gasteiger partial charge in [-0.1, -0.05) is 6.07 Å². The van der Waals surface area contributed by atoms with Crippen LogP contribution in [0.2, 0.25) is 0 Å². The van der Waals surface area contributed by atoms with Gasteiger partial charge >= 0.3 is 6.03 Å². The Morgan fingerprint density at radius 2 is 2.32 bits per heavy atom. The molecule has 2 heterocycles. The SMILES string of the molecule is CC(C)(C)[S@@](=O)CCNC(=O)N1CCO[C@H](c2cccs2)C1. The minimum absolute atomic E-state index is 0.0387. The molecule has 124 valence electrons. The van der Waals surface area contributed by atoms with Crippen LogP contribution in [0, 0.1) is 0 Å². The van der Waals surface area contributed by atoms with E-state index in [1.165, 1.54) is 0 Å². The number of hydrogen-bond donors (Lipinski definition) is 1. The number of hydrogen-bond acceptors (Lipinski definition) is 4.